The van der Waals surface area contributed by atoms with E-state index >= 15 is 0 Å². The maximum absolute atomic E-state index is 11.7. The van der Waals surface area contributed by atoms with Gasteiger partial charge in [-0.25, -0.2) is 9.59 Å². The van der Waals surface area contributed by atoms with Gasteiger partial charge in [-0.2, -0.15) is 0 Å². The number of carboxylic acids is 1. The first-order chi connectivity index (χ1) is 9.92. The molecule has 1 rings (SSSR count). The van der Waals surface area contributed by atoms with E-state index in [2.05, 4.69) is 20.7 Å². The quantitative estimate of drug-likeness (QED) is 0.463. The van der Waals surface area contributed by atoms with Gasteiger partial charge < -0.3 is 25.8 Å². The van der Waals surface area contributed by atoms with E-state index in [1.165, 1.54) is 7.11 Å². The first-order valence-electron chi connectivity index (χ1n) is 6.55. The van der Waals surface area contributed by atoms with E-state index in [-0.39, 0.29) is 24.8 Å². The number of carbonyl (C=O) groups excluding carboxylic acids is 3. The molecule has 3 amide bonds. The third-order valence-corrected chi connectivity index (χ3v) is 3.07. The number of urea groups is 1. The second kappa shape index (κ2) is 8.08. The van der Waals surface area contributed by atoms with Crippen molar-refractivity contribution in [3.05, 3.63) is 0 Å². The zero-order chi connectivity index (χ0) is 15.8. The van der Waals surface area contributed by atoms with Crippen LogP contribution >= 0.6 is 0 Å². The first kappa shape index (κ1) is 16.7. The Bertz CT molecular complexity index is 415. The Kier molecular flexibility index (Phi) is 6.44. The monoisotopic (exact) mass is 301 g/mol. The summed E-state index contributed by atoms with van der Waals surface area (Å²) >= 11 is 0. The van der Waals surface area contributed by atoms with Gasteiger partial charge in [0.25, 0.3) is 0 Å². The molecule has 9 nitrogen and oxygen atoms in total. The van der Waals surface area contributed by atoms with E-state index in [9.17, 15) is 19.2 Å². The molecule has 0 aromatic carbocycles. The molecule has 0 radical (unpaired) electrons. The van der Waals surface area contributed by atoms with Gasteiger partial charge in [-0.3, -0.25) is 9.59 Å². The smallest absolute Gasteiger partial charge is 0.326 e. The van der Waals surface area contributed by atoms with E-state index in [4.69, 9.17) is 5.11 Å². The van der Waals surface area contributed by atoms with Crippen LogP contribution in [0.4, 0.5) is 4.79 Å². The van der Waals surface area contributed by atoms with E-state index in [0.717, 1.165) is 0 Å². The number of hydrogen-bond donors (Lipinski definition) is 4. The van der Waals surface area contributed by atoms with Gasteiger partial charge in [0.05, 0.1) is 7.11 Å². The number of carboxylic acid groups (broad SMARTS) is 1. The van der Waals surface area contributed by atoms with Crippen molar-refractivity contribution in [1.29, 1.82) is 0 Å². The van der Waals surface area contributed by atoms with Crippen LogP contribution in [0.2, 0.25) is 0 Å². The molecule has 9 heteroatoms. The molecule has 0 spiro atoms. The normalized spacial score (nSPS) is 19.1. The molecular formula is C12H19N3O6. The molecule has 1 aliphatic rings. The lowest BCUT2D eigenvalue weighted by atomic mass is 10.1. The predicted octanol–water partition coefficient (Wildman–Crippen LogP) is -1.03. The Morgan fingerprint density at radius 1 is 1.48 bits per heavy atom. The fourth-order valence-electron chi connectivity index (χ4n) is 1.86. The average molecular weight is 301 g/mol. The Hall–Kier alpha value is -2.32. The first-order valence-corrected chi connectivity index (χ1v) is 6.55. The number of esters is 1. The van der Waals surface area contributed by atoms with Crippen LogP contribution in [0.1, 0.15) is 25.7 Å². The highest BCUT2D eigenvalue weighted by atomic mass is 16.5. The highest BCUT2D eigenvalue weighted by Gasteiger charge is 2.24. The number of aliphatic carboxylic acids is 1. The molecule has 2 atom stereocenters. The number of ether oxygens (including phenoxy) is 1. The maximum atomic E-state index is 11.7. The Morgan fingerprint density at radius 2 is 2.19 bits per heavy atom. The summed E-state index contributed by atoms with van der Waals surface area (Å²) in [5.41, 5.74) is 0. The van der Waals surface area contributed by atoms with Crippen LogP contribution in [0.25, 0.3) is 0 Å². The van der Waals surface area contributed by atoms with Gasteiger partial charge in [0, 0.05) is 25.4 Å². The number of amides is 3. The minimum Gasteiger partial charge on any atom is -0.480 e. The summed E-state index contributed by atoms with van der Waals surface area (Å²) in [6.45, 7) is 0.312. The molecular weight excluding hydrogens is 282 g/mol. The van der Waals surface area contributed by atoms with Crippen molar-refractivity contribution in [3.63, 3.8) is 0 Å². The van der Waals surface area contributed by atoms with Crippen LogP contribution < -0.4 is 16.0 Å². The van der Waals surface area contributed by atoms with Gasteiger partial charge >= 0.3 is 18.0 Å². The molecule has 1 saturated heterocycles. The number of carbonyl (C=O) groups is 4. The van der Waals surface area contributed by atoms with Crippen LogP contribution in [0.5, 0.6) is 0 Å². The number of nitrogens with one attached hydrogen (secondary N) is 3. The summed E-state index contributed by atoms with van der Waals surface area (Å²) in [7, 11) is 1.20. The summed E-state index contributed by atoms with van der Waals surface area (Å²) in [5, 5.41) is 16.5. The SMILES string of the molecule is COC(=O)CC[C@@H](NC(=O)NC1CCC(=O)NC1)C(=O)O. The summed E-state index contributed by atoms with van der Waals surface area (Å²) < 4.78 is 4.42. The van der Waals surface area contributed by atoms with Gasteiger partial charge in [-0.15, -0.1) is 0 Å². The van der Waals surface area contributed by atoms with Gasteiger partial charge in [0.15, 0.2) is 0 Å². The van der Waals surface area contributed by atoms with Crippen molar-refractivity contribution in [3.8, 4) is 0 Å². The lowest BCUT2D eigenvalue weighted by Gasteiger charge is -2.24. The molecule has 0 aromatic heterocycles. The van der Waals surface area contributed by atoms with Gasteiger partial charge in [0.1, 0.15) is 6.04 Å². The number of rotatable bonds is 6. The zero-order valence-corrected chi connectivity index (χ0v) is 11.7. The lowest BCUT2D eigenvalue weighted by molar-refractivity contribution is -0.142. The second-order valence-electron chi connectivity index (χ2n) is 4.66. The van der Waals surface area contributed by atoms with Crippen molar-refractivity contribution in [2.24, 2.45) is 0 Å². The van der Waals surface area contributed by atoms with Crippen molar-refractivity contribution >= 4 is 23.9 Å². The zero-order valence-electron chi connectivity index (χ0n) is 11.7. The van der Waals surface area contributed by atoms with E-state index in [1.807, 2.05) is 0 Å². The minimum absolute atomic E-state index is 0.0587. The third-order valence-electron chi connectivity index (χ3n) is 3.07. The van der Waals surface area contributed by atoms with Crippen LogP contribution in [0, 0.1) is 0 Å². The van der Waals surface area contributed by atoms with Crippen molar-refractivity contribution < 1.29 is 29.0 Å². The molecule has 0 bridgehead atoms. The second-order valence-corrected chi connectivity index (χ2v) is 4.66. The molecule has 21 heavy (non-hydrogen) atoms. The van der Waals surface area contributed by atoms with Crippen molar-refractivity contribution in [2.75, 3.05) is 13.7 Å². The number of hydrogen-bond acceptors (Lipinski definition) is 5. The molecule has 1 heterocycles. The summed E-state index contributed by atoms with van der Waals surface area (Å²) in [6.07, 6.45) is 0.652. The topological polar surface area (TPSA) is 134 Å². The van der Waals surface area contributed by atoms with E-state index in [0.29, 0.717) is 19.4 Å². The van der Waals surface area contributed by atoms with Crippen molar-refractivity contribution in [2.45, 2.75) is 37.8 Å². The van der Waals surface area contributed by atoms with Gasteiger partial charge in [0.2, 0.25) is 5.91 Å². The van der Waals surface area contributed by atoms with E-state index < -0.39 is 24.0 Å². The number of piperidine rings is 1. The molecule has 118 valence electrons. The fourth-order valence-corrected chi connectivity index (χ4v) is 1.86. The highest BCUT2D eigenvalue weighted by Crippen LogP contribution is 2.03. The molecule has 0 saturated carbocycles. The lowest BCUT2D eigenvalue weighted by Crippen LogP contribution is -2.53. The van der Waals surface area contributed by atoms with Crippen LogP contribution in [-0.2, 0) is 19.1 Å². The standard InChI is InChI=1S/C12H19N3O6/c1-21-10(17)5-3-8(11(18)19)15-12(20)14-7-2-4-9(16)13-6-7/h7-8H,2-6H2,1H3,(H,13,16)(H,18,19)(H2,14,15,20)/t7?,8-/m1/s1. The summed E-state index contributed by atoms with van der Waals surface area (Å²) in [6, 6.07) is -2.06. The van der Waals surface area contributed by atoms with Crippen LogP contribution in [0.3, 0.4) is 0 Å². The molecule has 1 aliphatic heterocycles. The molecule has 1 fully saturated rings. The molecule has 0 aliphatic carbocycles. The van der Waals surface area contributed by atoms with Crippen molar-refractivity contribution in [1.82, 2.24) is 16.0 Å². The van der Waals surface area contributed by atoms with E-state index in [1.54, 1.807) is 0 Å². The Labute approximate surface area is 121 Å². The minimum atomic E-state index is -1.23. The predicted molar refractivity (Wildman–Crippen MR) is 70.4 cm³/mol. The van der Waals surface area contributed by atoms with Gasteiger partial charge in [-0.1, -0.05) is 0 Å². The molecule has 0 aromatic rings. The molecule has 4 N–H and O–H groups in total. The van der Waals surface area contributed by atoms with Crippen LogP contribution in [0.15, 0.2) is 0 Å². The maximum Gasteiger partial charge on any atom is 0.326 e. The third kappa shape index (κ3) is 6.11. The largest absolute Gasteiger partial charge is 0.480 e. The average Bonchev–Trinajstić information content (AvgIpc) is 2.45. The fraction of sp³-hybridized carbons (Fsp3) is 0.667. The summed E-state index contributed by atoms with van der Waals surface area (Å²) in [5.74, 6) is -1.85. The Morgan fingerprint density at radius 3 is 2.71 bits per heavy atom. The van der Waals surface area contributed by atoms with Crippen LogP contribution in [-0.4, -0.2) is 54.7 Å². The summed E-state index contributed by atoms with van der Waals surface area (Å²) in [4.78, 5) is 44.7. The molecule has 1 unspecified atom stereocenters. The highest BCUT2D eigenvalue weighted by molar-refractivity contribution is 5.83. The van der Waals surface area contributed by atoms with Gasteiger partial charge in [-0.05, 0) is 12.8 Å². The Balaban J connectivity index is 2.39. The number of methoxy groups -OCH3 is 1.